The van der Waals surface area contributed by atoms with Crippen LogP contribution in [0.25, 0.3) is 0 Å². The van der Waals surface area contributed by atoms with Crippen molar-refractivity contribution in [3.8, 4) is 0 Å². The van der Waals surface area contributed by atoms with Gasteiger partial charge < -0.3 is 10.4 Å². The van der Waals surface area contributed by atoms with E-state index in [-0.39, 0.29) is 18.8 Å². The molecule has 2 atom stereocenters. The third-order valence-corrected chi connectivity index (χ3v) is 3.02. The van der Waals surface area contributed by atoms with E-state index in [0.717, 1.165) is 6.42 Å². The maximum atomic E-state index is 12.1. The molecule has 2 unspecified atom stereocenters. The first-order valence-electron chi connectivity index (χ1n) is 5.30. The molecule has 2 N–H and O–H groups in total. The van der Waals surface area contributed by atoms with E-state index in [4.69, 9.17) is 5.11 Å². The molecule has 0 heterocycles. The van der Waals surface area contributed by atoms with Gasteiger partial charge in [0.25, 0.3) is 0 Å². The van der Waals surface area contributed by atoms with Crippen LogP contribution in [0.5, 0.6) is 0 Å². The van der Waals surface area contributed by atoms with Crippen molar-refractivity contribution >= 4 is 11.9 Å². The van der Waals surface area contributed by atoms with E-state index in [0.29, 0.717) is 6.42 Å². The van der Waals surface area contributed by atoms with Gasteiger partial charge in [0.2, 0.25) is 0 Å². The van der Waals surface area contributed by atoms with Crippen molar-refractivity contribution in [2.45, 2.75) is 44.3 Å². The van der Waals surface area contributed by atoms with E-state index in [1.807, 2.05) is 0 Å². The number of carbonyl (C=O) groups is 2. The summed E-state index contributed by atoms with van der Waals surface area (Å²) in [4.78, 5) is 22.0. The van der Waals surface area contributed by atoms with Crippen molar-refractivity contribution in [3.63, 3.8) is 0 Å². The Morgan fingerprint density at radius 3 is 2.41 bits per heavy atom. The summed E-state index contributed by atoms with van der Waals surface area (Å²) in [5.74, 6) is -3.61. The van der Waals surface area contributed by atoms with Crippen molar-refractivity contribution < 1.29 is 27.9 Å². The molecule has 1 aliphatic carbocycles. The number of carboxylic acids is 1. The van der Waals surface area contributed by atoms with E-state index in [1.165, 1.54) is 0 Å². The summed E-state index contributed by atoms with van der Waals surface area (Å²) in [5, 5.41) is 10.7. The number of hydrogen-bond acceptors (Lipinski definition) is 2. The van der Waals surface area contributed by atoms with Crippen LogP contribution in [0.3, 0.4) is 0 Å². The molecule has 0 radical (unpaired) electrons. The third kappa shape index (κ3) is 3.10. The van der Waals surface area contributed by atoms with Gasteiger partial charge in [-0.05, 0) is 18.8 Å². The quantitative estimate of drug-likeness (QED) is 0.787. The fraction of sp³-hybridized carbons (Fsp3) is 0.800. The normalized spacial score (nSPS) is 29.8. The minimum atomic E-state index is -5.05. The van der Waals surface area contributed by atoms with Gasteiger partial charge in [-0.25, -0.2) is 4.79 Å². The van der Waals surface area contributed by atoms with E-state index in [2.05, 4.69) is 0 Å². The molecule has 1 rings (SSSR count). The number of rotatable bonds is 2. The predicted octanol–water partition coefficient (Wildman–Crippen LogP) is 1.70. The molecule has 1 amide bonds. The van der Waals surface area contributed by atoms with Crippen LogP contribution in [-0.4, -0.2) is 28.7 Å². The summed E-state index contributed by atoms with van der Waals surface area (Å²) in [5.41, 5.74) is -1.77. The molecule has 7 heteroatoms. The van der Waals surface area contributed by atoms with Gasteiger partial charge in [0.15, 0.2) is 0 Å². The molecule has 98 valence electrons. The van der Waals surface area contributed by atoms with E-state index in [9.17, 15) is 22.8 Å². The lowest BCUT2D eigenvalue weighted by molar-refractivity contribution is -0.178. The van der Waals surface area contributed by atoms with Crippen molar-refractivity contribution in [1.29, 1.82) is 0 Å². The summed E-state index contributed by atoms with van der Waals surface area (Å²) in [6.07, 6.45) is -3.73. The first-order chi connectivity index (χ1) is 7.67. The Bertz CT molecular complexity index is 329. The molecule has 0 aliphatic heterocycles. The van der Waals surface area contributed by atoms with Gasteiger partial charge in [-0.15, -0.1) is 0 Å². The highest BCUT2D eigenvalue weighted by atomic mass is 19.4. The zero-order valence-electron chi connectivity index (χ0n) is 9.30. The van der Waals surface area contributed by atoms with Gasteiger partial charge in [0, 0.05) is 0 Å². The Morgan fingerprint density at radius 2 is 2.00 bits per heavy atom. The van der Waals surface area contributed by atoms with Crippen LogP contribution in [0.4, 0.5) is 13.2 Å². The van der Waals surface area contributed by atoms with Crippen LogP contribution in [0, 0.1) is 5.92 Å². The van der Waals surface area contributed by atoms with Gasteiger partial charge in [-0.1, -0.05) is 19.8 Å². The average molecular weight is 253 g/mol. The molecule has 1 saturated carbocycles. The minimum Gasteiger partial charge on any atom is -0.480 e. The Balaban J connectivity index is 2.86. The first kappa shape index (κ1) is 13.8. The Morgan fingerprint density at radius 1 is 1.41 bits per heavy atom. The van der Waals surface area contributed by atoms with Gasteiger partial charge in [0.05, 0.1) is 0 Å². The molecule has 0 spiro atoms. The van der Waals surface area contributed by atoms with Crippen molar-refractivity contribution in [2.75, 3.05) is 0 Å². The number of nitrogens with one attached hydrogen (secondary N) is 1. The number of carbonyl (C=O) groups excluding carboxylic acids is 1. The summed E-state index contributed by atoms with van der Waals surface area (Å²) < 4.78 is 36.4. The predicted molar refractivity (Wildman–Crippen MR) is 52.2 cm³/mol. The highest BCUT2D eigenvalue weighted by Gasteiger charge is 2.49. The Hall–Kier alpha value is -1.27. The molecule has 1 fully saturated rings. The number of hydrogen-bond donors (Lipinski definition) is 2. The number of carboxylic acid groups (broad SMARTS) is 1. The smallest absolute Gasteiger partial charge is 0.471 e. The Labute approximate surface area is 96.2 Å². The molecule has 0 bridgehead atoms. The highest BCUT2D eigenvalue weighted by Crippen LogP contribution is 2.33. The number of aliphatic carboxylic acids is 1. The van der Waals surface area contributed by atoms with Crippen LogP contribution in [-0.2, 0) is 9.59 Å². The van der Waals surface area contributed by atoms with Crippen LogP contribution in [0.15, 0.2) is 0 Å². The fourth-order valence-electron chi connectivity index (χ4n) is 2.20. The zero-order valence-corrected chi connectivity index (χ0v) is 9.30. The van der Waals surface area contributed by atoms with E-state index < -0.39 is 23.6 Å². The van der Waals surface area contributed by atoms with E-state index >= 15 is 0 Å². The number of amides is 1. The molecule has 0 aromatic heterocycles. The zero-order chi connectivity index (χ0) is 13.3. The molecule has 0 saturated heterocycles. The molecule has 1 aliphatic rings. The van der Waals surface area contributed by atoms with Crippen molar-refractivity contribution in [1.82, 2.24) is 5.32 Å². The second kappa shape index (κ2) is 4.54. The molecular formula is C10H14F3NO3. The lowest BCUT2D eigenvalue weighted by atomic mass is 9.76. The second-order valence-electron chi connectivity index (χ2n) is 4.54. The summed E-state index contributed by atoms with van der Waals surface area (Å²) in [7, 11) is 0. The van der Waals surface area contributed by atoms with Crippen LogP contribution < -0.4 is 5.32 Å². The lowest BCUT2D eigenvalue weighted by Gasteiger charge is -2.37. The van der Waals surface area contributed by atoms with Gasteiger partial charge in [-0.2, -0.15) is 13.2 Å². The molecule has 17 heavy (non-hydrogen) atoms. The minimum absolute atomic E-state index is 0.0200. The van der Waals surface area contributed by atoms with Crippen molar-refractivity contribution in [3.05, 3.63) is 0 Å². The SMILES string of the molecule is CC1CCCC(NC(=O)C(F)(F)F)(C(=O)O)C1. The monoisotopic (exact) mass is 253 g/mol. The van der Waals surface area contributed by atoms with Gasteiger partial charge >= 0.3 is 18.1 Å². The molecular weight excluding hydrogens is 239 g/mol. The van der Waals surface area contributed by atoms with Gasteiger partial charge in [-0.3, -0.25) is 4.79 Å². The van der Waals surface area contributed by atoms with Crippen LogP contribution >= 0.6 is 0 Å². The topological polar surface area (TPSA) is 66.4 Å². The van der Waals surface area contributed by atoms with Gasteiger partial charge in [0.1, 0.15) is 5.54 Å². The maximum absolute atomic E-state index is 12.1. The molecule has 4 nitrogen and oxygen atoms in total. The number of halogens is 3. The summed E-state index contributed by atoms with van der Waals surface area (Å²) in [6.45, 7) is 1.76. The molecule has 0 aromatic rings. The van der Waals surface area contributed by atoms with Crippen LogP contribution in [0.1, 0.15) is 32.6 Å². The Kier molecular flexibility index (Phi) is 3.68. The third-order valence-electron chi connectivity index (χ3n) is 3.02. The summed E-state index contributed by atoms with van der Waals surface area (Å²) >= 11 is 0. The maximum Gasteiger partial charge on any atom is 0.471 e. The average Bonchev–Trinajstić information content (AvgIpc) is 2.15. The molecule has 0 aromatic carbocycles. The van der Waals surface area contributed by atoms with Crippen LogP contribution in [0.2, 0.25) is 0 Å². The fourth-order valence-corrected chi connectivity index (χ4v) is 2.20. The lowest BCUT2D eigenvalue weighted by Crippen LogP contribution is -2.59. The summed E-state index contributed by atoms with van der Waals surface area (Å²) in [6, 6.07) is 0. The van der Waals surface area contributed by atoms with E-state index in [1.54, 1.807) is 12.2 Å². The largest absolute Gasteiger partial charge is 0.480 e. The highest BCUT2D eigenvalue weighted by molar-refractivity contribution is 5.89. The standard InChI is InChI=1S/C10H14F3NO3/c1-6-3-2-4-9(5-6,8(16)17)14-7(15)10(11,12)13/h6H,2-5H2,1H3,(H,14,15)(H,16,17). The first-order valence-corrected chi connectivity index (χ1v) is 5.30. The second-order valence-corrected chi connectivity index (χ2v) is 4.54. The van der Waals surface area contributed by atoms with Crippen molar-refractivity contribution in [2.24, 2.45) is 5.92 Å². The number of alkyl halides is 3.